The molecule has 0 saturated carbocycles. The van der Waals surface area contributed by atoms with Gasteiger partial charge in [0.25, 0.3) is 0 Å². The topological polar surface area (TPSA) is 71.0 Å². The molecule has 0 bridgehead atoms. The largest absolute Gasteiger partial charge is 0.494 e. The van der Waals surface area contributed by atoms with Gasteiger partial charge in [0.1, 0.15) is 16.7 Å². The van der Waals surface area contributed by atoms with E-state index in [1.165, 1.54) is 16.7 Å². The number of carbonyl (C=O) groups is 2. The Morgan fingerprint density at radius 1 is 1.30 bits per heavy atom. The second-order valence-corrected chi connectivity index (χ2v) is 7.44. The fourth-order valence-electron chi connectivity index (χ4n) is 2.55. The molecule has 8 heteroatoms. The second-order valence-electron chi connectivity index (χ2n) is 5.83. The molecule has 3 rings (SSSR count). The smallest absolute Gasteiger partial charge is 0.242 e. The number of anilines is 1. The van der Waals surface area contributed by atoms with Gasteiger partial charge in [-0.2, -0.15) is 0 Å². The van der Waals surface area contributed by atoms with Gasteiger partial charge in [-0.25, -0.2) is 4.99 Å². The SMILES string of the molecule is COc1ccc(Cl)cc1N=C1SC(CC(=O)Nc2ccccc2)C(=O)N1C. The predicted molar refractivity (Wildman–Crippen MR) is 109 cm³/mol. The molecule has 1 fully saturated rings. The van der Waals surface area contributed by atoms with E-state index in [1.807, 2.05) is 18.2 Å². The molecule has 0 aromatic heterocycles. The van der Waals surface area contributed by atoms with E-state index in [2.05, 4.69) is 10.3 Å². The summed E-state index contributed by atoms with van der Waals surface area (Å²) >= 11 is 7.29. The van der Waals surface area contributed by atoms with Crippen LogP contribution in [0.15, 0.2) is 53.5 Å². The van der Waals surface area contributed by atoms with Crippen LogP contribution in [0.5, 0.6) is 5.75 Å². The van der Waals surface area contributed by atoms with Crippen LogP contribution in [0.4, 0.5) is 11.4 Å². The Bertz CT molecular complexity index is 889. The summed E-state index contributed by atoms with van der Waals surface area (Å²) in [5, 5.41) is 3.29. The number of benzene rings is 2. The first kappa shape index (κ1) is 19.3. The summed E-state index contributed by atoms with van der Waals surface area (Å²) in [4.78, 5) is 30.7. The molecule has 1 atom stereocenters. The van der Waals surface area contributed by atoms with E-state index in [1.54, 1.807) is 44.5 Å². The average molecular weight is 404 g/mol. The number of para-hydroxylation sites is 1. The molecule has 140 valence electrons. The van der Waals surface area contributed by atoms with Crippen molar-refractivity contribution in [1.82, 2.24) is 4.90 Å². The molecule has 1 aliphatic heterocycles. The van der Waals surface area contributed by atoms with Gasteiger partial charge in [0, 0.05) is 24.2 Å². The van der Waals surface area contributed by atoms with Gasteiger partial charge in [0.05, 0.1) is 7.11 Å². The maximum atomic E-state index is 12.5. The maximum absolute atomic E-state index is 12.5. The summed E-state index contributed by atoms with van der Waals surface area (Å²) in [6, 6.07) is 14.2. The summed E-state index contributed by atoms with van der Waals surface area (Å²) in [6.07, 6.45) is 0.0639. The van der Waals surface area contributed by atoms with Crippen molar-refractivity contribution in [3.05, 3.63) is 53.6 Å². The highest BCUT2D eigenvalue weighted by Crippen LogP contribution is 2.35. The first-order valence-corrected chi connectivity index (χ1v) is 9.45. The molecule has 1 heterocycles. The quantitative estimate of drug-likeness (QED) is 0.820. The summed E-state index contributed by atoms with van der Waals surface area (Å²) in [5.41, 5.74) is 1.23. The van der Waals surface area contributed by atoms with E-state index in [-0.39, 0.29) is 18.2 Å². The maximum Gasteiger partial charge on any atom is 0.242 e. The molecule has 6 nitrogen and oxygen atoms in total. The molecular weight excluding hydrogens is 386 g/mol. The Balaban J connectivity index is 1.73. The third-order valence-electron chi connectivity index (χ3n) is 3.93. The molecule has 2 amide bonds. The van der Waals surface area contributed by atoms with Crippen molar-refractivity contribution in [2.45, 2.75) is 11.7 Å². The van der Waals surface area contributed by atoms with E-state index in [9.17, 15) is 9.59 Å². The molecule has 0 spiro atoms. The van der Waals surface area contributed by atoms with Gasteiger partial charge in [-0.15, -0.1) is 0 Å². The first-order chi connectivity index (χ1) is 13.0. The Morgan fingerprint density at radius 3 is 2.74 bits per heavy atom. The number of hydrogen-bond donors (Lipinski definition) is 1. The predicted octanol–water partition coefficient (Wildman–Crippen LogP) is 3.94. The molecule has 1 N–H and O–H groups in total. The Morgan fingerprint density at radius 2 is 2.04 bits per heavy atom. The van der Waals surface area contributed by atoms with Crippen LogP contribution in [0.2, 0.25) is 5.02 Å². The molecule has 1 saturated heterocycles. The van der Waals surface area contributed by atoms with Crippen molar-refractivity contribution in [2.24, 2.45) is 4.99 Å². The standard InChI is InChI=1S/C19H18ClN3O3S/c1-23-18(25)16(11-17(24)21-13-6-4-3-5-7-13)27-19(23)22-14-10-12(20)8-9-15(14)26-2/h3-10,16H,11H2,1-2H3,(H,21,24). The van der Waals surface area contributed by atoms with Gasteiger partial charge in [0.15, 0.2) is 5.17 Å². The van der Waals surface area contributed by atoms with Crippen LogP contribution in [0.25, 0.3) is 0 Å². The number of amides is 2. The van der Waals surface area contributed by atoms with E-state index < -0.39 is 5.25 Å². The molecule has 27 heavy (non-hydrogen) atoms. The lowest BCUT2D eigenvalue weighted by Gasteiger charge is -2.10. The third-order valence-corrected chi connectivity index (χ3v) is 5.39. The van der Waals surface area contributed by atoms with Crippen molar-refractivity contribution >= 4 is 51.7 Å². The van der Waals surface area contributed by atoms with Gasteiger partial charge in [-0.05, 0) is 30.3 Å². The Labute approximate surface area is 166 Å². The third kappa shape index (κ3) is 4.61. The van der Waals surface area contributed by atoms with Crippen molar-refractivity contribution in [3.63, 3.8) is 0 Å². The molecule has 2 aromatic rings. The lowest BCUT2D eigenvalue weighted by Crippen LogP contribution is -2.30. The number of carbonyl (C=O) groups excluding carboxylic acids is 2. The molecule has 2 aromatic carbocycles. The summed E-state index contributed by atoms with van der Waals surface area (Å²) in [5.74, 6) is 0.170. The number of halogens is 1. The highest BCUT2D eigenvalue weighted by Gasteiger charge is 2.37. The number of thioether (sulfide) groups is 1. The summed E-state index contributed by atoms with van der Waals surface area (Å²) in [7, 11) is 3.18. The van der Waals surface area contributed by atoms with Crippen LogP contribution in [0.3, 0.4) is 0 Å². The van der Waals surface area contributed by atoms with Crippen LogP contribution in [-0.4, -0.2) is 41.3 Å². The van der Waals surface area contributed by atoms with Gasteiger partial charge >= 0.3 is 0 Å². The lowest BCUT2D eigenvalue weighted by molar-refractivity contribution is -0.127. The second kappa shape index (κ2) is 8.45. The van der Waals surface area contributed by atoms with Crippen molar-refractivity contribution in [3.8, 4) is 5.75 Å². The van der Waals surface area contributed by atoms with Crippen molar-refractivity contribution < 1.29 is 14.3 Å². The number of amidine groups is 1. The van der Waals surface area contributed by atoms with E-state index in [4.69, 9.17) is 16.3 Å². The summed E-state index contributed by atoms with van der Waals surface area (Å²) < 4.78 is 5.29. The molecule has 0 radical (unpaired) electrons. The monoisotopic (exact) mass is 403 g/mol. The van der Waals surface area contributed by atoms with Gasteiger partial charge < -0.3 is 10.1 Å². The number of hydrogen-bond acceptors (Lipinski definition) is 5. The number of nitrogens with one attached hydrogen (secondary N) is 1. The van der Waals surface area contributed by atoms with Gasteiger partial charge in [0.2, 0.25) is 11.8 Å². The van der Waals surface area contributed by atoms with Crippen LogP contribution in [0.1, 0.15) is 6.42 Å². The average Bonchev–Trinajstić information content (AvgIpc) is 2.90. The zero-order chi connectivity index (χ0) is 19.4. The normalized spacial score (nSPS) is 18.0. The highest BCUT2D eigenvalue weighted by atomic mass is 35.5. The minimum absolute atomic E-state index is 0.0639. The van der Waals surface area contributed by atoms with Crippen LogP contribution >= 0.6 is 23.4 Å². The number of aliphatic imine (C=N–C) groups is 1. The minimum atomic E-state index is -0.525. The zero-order valence-electron chi connectivity index (χ0n) is 14.8. The molecule has 0 aliphatic carbocycles. The van der Waals surface area contributed by atoms with E-state index in [0.29, 0.717) is 27.3 Å². The summed E-state index contributed by atoms with van der Waals surface area (Å²) in [6.45, 7) is 0. The number of methoxy groups -OCH3 is 1. The van der Waals surface area contributed by atoms with Crippen LogP contribution in [-0.2, 0) is 9.59 Å². The first-order valence-electron chi connectivity index (χ1n) is 8.19. The zero-order valence-corrected chi connectivity index (χ0v) is 16.4. The Hall–Kier alpha value is -2.51. The molecular formula is C19H18ClN3O3S. The van der Waals surface area contributed by atoms with Gasteiger partial charge in [-0.1, -0.05) is 41.6 Å². The molecule has 1 unspecified atom stereocenters. The minimum Gasteiger partial charge on any atom is -0.494 e. The van der Waals surface area contributed by atoms with Crippen LogP contribution in [0, 0.1) is 0 Å². The lowest BCUT2D eigenvalue weighted by atomic mass is 10.2. The van der Waals surface area contributed by atoms with E-state index >= 15 is 0 Å². The van der Waals surface area contributed by atoms with Crippen molar-refractivity contribution in [1.29, 1.82) is 0 Å². The highest BCUT2D eigenvalue weighted by molar-refractivity contribution is 8.15. The fraction of sp³-hybridized carbons (Fsp3) is 0.211. The Kier molecular flexibility index (Phi) is 6.03. The number of nitrogens with zero attached hydrogens (tertiary/aromatic N) is 2. The van der Waals surface area contributed by atoms with E-state index in [0.717, 1.165) is 0 Å². The van der Waals surface area contributed by atoms with Crippen molar-refractivity contribution in [2.75, 3.05) is 19.5 Å². The van der Waals surface area contributed by atoms with Gasteiger partial charge in [-0.3, -0.25) is 14.5 Å². The number of rotatable bonds is 5. The van der Waals surface area contributed by atoms with Crippen LogP contribution < -0.4 is 10.1 Å². The number of ether oxygens (including phenoxy) is 1. The fourth-order valence-corrected chi connectivity index (χ4v) is 3.87. The molecule has 1 aliphatic rings.